The minimum atomic E-state index is -0.912. The van der Waals surface area contributed by atoms with Crippen molar-refractivity contribution in [1.82, 2.24) is 21.3 Å². The van der Waals surface area contributed by atoms with Gasteiger partial charge in [0.1, 0.15) is 12.1 Å². The Kier molecular flexibility index (Phi) is 19.3. The minimum Gasteiger partial charge on any atom is -0.343 e. The lowest BCUT2D eigenvalue weighted by Gasteiger charge is -2.21. The van der Waals surface area contributed by atoms with E-state index in [0.29, 0.717) is 35.1 Å². The quantitative estimate of drug-likeness (QED) is 0.0519. The summed E-state index contributed by atoms with van der Waals surface area (Å²) in [5.41, 5.74) is 2.31. The molecule has 0 saturated heterocycles. The minimum absolute atomic E-state index is 0.0594. The van der Waals surface area contributed by atoms with Crippen molar-refractivity contribution in [2.24, 2.45) is 11.8 Å². The van der Waals surface area contributed by atoms with Gasteiger partial charge >= 0.3 is 0 Å². The summed E-state index contributed by atoms with van der Waals surface area (Å²) in [6, 6.07) is 62.5. The van der Waals surface area contributed by atoms with Crippen molar-refractivity contribution >= 4 is 71.3 Å². The van der Waals surface area contributed by atoms with Gasteiger partial charge < -0.3 is 21.3 Å². The Morgan fingerprint density at radius 1 is 0.403 bits per heavy atom. The molecule has 0 aliphatic carbocycles. The summed E-state index contributed by atoms with van der Waals surface area (Å²) in [4.78, 5) is 54.8. The zero-order valence-electron chi connectivity index (χ0n) is 41.1. The van der Waals surface area contributed by atoms with E-state index in [1.165, 1.54) is 21.2 Å². The smallest absolute Gasteiger partial charge is 0.251 e. The first-order valence-electron chi connectivity index (χ1n) is 24.3. The van der Waals surface area contributed by atoms with E-state index in [4.69, 9.17) is 0 Å². The molecule has 362 valence electrons. The molecule has 0 unspecified atom stereocenters. The van der Waals surface area contributed by atoms with Gasteiger partial charge in [0.2, 0.25) is 11.8 Å². The number of carbonyl (C=O) groups excluding carboxylic acids is 4. The fourth-order valence-electron chi connectivity index (χ4n) is 8.15. The van der Waals surface area contributed by atoms with Gasteiger partial charge in [-0.15, -0.1) is 0 Å². The molecular formula is C62H60N4O4P2. The number of hydrogen-bond acceptors (Lipinski definition) is 4. The fraction of sp³-hybridized carbons (Fsp3) is 0.194. The van der Waals surface area contributed by atoms with Gasteiger partial charge in [-0.2, -0.15) is 0 Å². The van der Waals surface area contributed by atoms with Gasteiger partial charge in [-0.3, -0.25) is 19.2 Å². The summed E-state index contributed by atoms with van der Waals surface area (Å²) in [5.74, 6) is 11.4. The van der Waals surface area contributed by atoms with Gasteiger partial charge in [0.05, 0.1) is 13.1 Å². The Morgan fingerprint density at radius 3 is 1.03 bits per heavy atom. The lowest BCUT2D eigenvalue weighted by molar-refractivity contribution is -0.123. The van der Waals surface area contributed by atoms with Crippen LogP contribution in [0.2, 0.25) is 0 Å². The maximum absolute atomic E-state index is 13.8. The van der Waals surface area contributed by atoms with Crippen LogP contribution in [0.15, 0.2) is 194 Å². The molecule has 0 saturated carbocycles. The topological polar surface area (TPSA) is 116 Å². The van der Waals surface area contributed by atoms with Gasteiger partial charge in [-0.1, -0.05) is 209 Å². The molecule has 0 radical (unpaired) electrons. The number of hydrogen-bond donors (Lipinski definition) is 4. The second kappa shape index (κ2) is 26.6. The van der Waals surface area contributed by atoms with Crippen molar-refractivity contribution in [2.75, 3.05) is 13.1 Å². The highest BCUT2D eigenvalue weighted by Gasteiger charge is 2.25. The van der Waals surface area contributed by atoms with Crippen molar-refractivity contribution in [3.8, 4) is 23.7 Å². The van der Waals surface area contributed by atoms with Gasteiger partial charge in [0.15, 0.2) is 0 Å². The zero-order chi connectivity index (χ0) is 50.7. The van der Waals surface area contributed by atoms with Crippen LogP contribution < -0.4 is 53.1 Å². The fourth-order valence-corrected chi connectivity index (χ4v) is 12.8. The van der Waals surface area contributed by atoms with E-state index in [1.54, 1.807) is 12.1 Å². The molecule has 4 amide bonds. The van der Waals surface area contributed by atoms with Crippen LogP contribution in [-0.2, 0) is 9.59 Å². The summed E-state index contributed by atoms with van der Waals surface area (Å²) < 4.78 is 0. The maximum Gasteiger partial charge on any atom is 0.251 e. The predicted octanol–water partition coefficient (Wildman–Crippen LogP) is 7.83. The lowest BCUT2D eigenvalue weighted by atomic mass is 10.0. The van der Waals surface area contributed by atoms with Crippen molar-refractivity contribution in [1.29, 1.82) is 0 Å². The maximum atomic E-state index is 13.8. The molecule has 0 bridgehead atoms. The molecule has 0 aliphatic heterocycles. The summed E-state index contributed by atoms with van der Waals surface area (Å²) in [7, 11) is -1.82. The third kappa shape index (κ3) is 15.0. The first-order valence-corrected chi connectivity index (χ1v) is 27.0. The Bertz CT molecular complexity index is 2770. The summed E-state index contributed by atoms with van der Waals surface area (Å²) in [6.07, 6.45) is 0.897. The second-order valence-corrected chi connectivity index (χ2v) is 22.4. The van der Waals surface area contributed by atoms with Crippen LogP contribution in [0.4, 0.5) is 0 Å². The second-order valence-electron chi connectivity index (χ2n) is 18.0. The van der Waals surface area contributed by atoms with Crippen LogP contribution in [0.5, 0.6) is 0 Å². The van der Waals surface area contributed by atoms with Crippen LogP contribution in [0.1, 0.15) is 72.4 Å². The van der Waals surface area contributed by atoms with E-state index in [0.717, 1.165) is 10.6 Å². The molecule has 0 spiro atoms. The summed E-state index contributed by atoms with van der Waals surface area (Å²) in [5, 5.41) is 18.6. The third-order valence-corrected chi connectivity index (χ3v) is 16.4. The molecule has 0 heterocycles. The number of amides is 4. The number of carbonyl (C=O) groups is 4. The number of rotatable bonds is 18. The molecule has 8 nitrogen and oxygen atoms in total. The first kappa shape index (κ1) is 52.2. The SMILES string of the molecule is CC(C)C[C@H](NC(=O)c1cccc(P(c2ccccc2)c2ccccc2)c1)C(=O)NCC#Cc1ccccc1C#CCNC(=O)[C@H](CC(C)C)NC(=O)c1cccc(P(c2ccccc2)c2ccccc2)c1. The average Bonchev–Trinajstić information content (AvgIpc) is 3.40. The van der Waals surface area contributed by atoms with Crippen molar-refractivity contribution < 1.29 is 19.2 Å². The van der Waals surface area contributed by atoms with Gasteiger partial charge in [-0.25, -0.2) is 0 Å². The van der Waals surface area contributed by atoms with E-state index >= 15 is 0 Å². The molecule has 0 aliphatic rings. The van der Waals surface area contributed by atoms with E-state index in [2.05, 4.69) is 106 Å². The van der Waals surface area contributed by atoms with Gasteiger partial charge in [0.25, 0.3) is 11.8 Å². The standard InChI is InChI=1S/C62H60N4O4P2/c1-45(2)41-57(65-59(67)49-25-19-37-55(43-49)71(51-29-9-5-10-30-51)52-31-11-6-12-32-52)61(69)63-39-21-27-47-23-17-18-24-48(47)28-22-40-64-62(70)58(42-46(3)4)66-60(68)50-26-20-38-56(44-50)72(53-33-13-7-14-34-53)54-35-15-8-16-36-54/h5-20,23-26,29-38,43-46,57-58H,39-42H2,1-4H3,(H,63,69)(H,64,70)(H,65,67)(H,66,68)/t57-,58-/m0/s1. The monoisotopic (exact) mass is 986 g/mol. The molecule has 72 heavy (non-hydrogen) atoms. The molecule has 2 atom stereocenters. The highest BCUT2D eigenvalue weighted by molar-refractivity contribution is 7.80. The van der Waals surface area contributed by atoms with Gasteiger partial charge in [0, 0.05) is 22.3 Å². The molecule has 7 aromatic rings. The number of benzene rings is 7. The lowest BCUT2D eigenvalue weighted by Crippen LogP contribution is -2.47. The van der Waals surface area contributed by atoms with E-state index < -0.39 is 27.9 Å². The average molecular weight is 987 g/mol. The molecule has 10 heteroatoms. The normalized spacial score (nSPS) is 11.7. The molecular weight excluding hydrogens is 927 g/mol. The highest BCUT2D eigenvalue weighted by Crippen LogP contribution is 2.34. The Balaban J connectivity index is 0.954. The van der Waals surface area contributed by atoms with Crippen LogP contribution in [0.25, 0.3) is 0 Å². The van der Waals surface area contributed by atoms with Crippen molar-refractivity contribution in [3.05, 3.63) is 216 Å². The van der Waals surface area contributed by atoms with E-state index in [9.17, 15) is 19.2 Å². The Hall–Kier alpha value is -7.60. The summed E-state index contributed by atoms with van der Waals surface area (Å²) in [6.45, 7) is 8.18. The predicted molar refractivity (Wildman–Crippen MR) is 298 cm³/mol. The zero-order valence-corrected chi connectivity index (χ0v) is 42.9. The molecule has 4 N–H and O–H groups in total. The van der Waals surface area contributed by atoms with Crippen molar-refractivity contribution in [3.63, 3.8) is 0 Å². The molecule has 7 aromatic carbocycles. The third-order valence-electron chi connectivity index (χ3n) is 11.5. The van der Waals surface area contributed by atoms with Crippen LogP contribution in [-0.4, -0.2) is 48.8 Å². The molecule has 0 fully saturated rings. The summed E-state index contributed by atoms with van der Waals surface area (Å²) >= 11 is 0. The first-order chi connectivity index (χ1) is 35.0. The molecule has 0 aromatic heterocycles. The Labute approximate surface area is 427 Å². The van der Waals surface area contributed by atoms with Crippen molar-refractivity contribution in [2.45, 2.75) is 52.6 Å². The number of nitrogens with one attached hydrogen (secondary N) is 4. The largest absolute Gasteiger partial charge is 0.343 e. The van der Waals surface area contributed by atoms with Crippen LogP contribution in [0, 0.1) is 35.5 Å². The van der Waals surface area contributed by atoms with E-state index in [-0.39, 0.29) is 48.6 Å². The van der Waals surface area contributed by atoms with E-state index in [1.807, 2.05) is 149 Å². The highest BCUT2D eigenvalue weighted by atomic mass is 31.1. The van der Waals surface area contributed by atoms with Crippen LogP contribution in [0.3, 0.4) is 0 Å². The molecule has 7 rings (SSSR count). The van der Waals surface area contributed by atoms with Gasteiger partial charge in [-0.05, 0) is 109 Å². The van der Waals surface area contributed by atoms with Crippen LogP contribution >= 0.6 is 15.8 Å². The Morgan fingerprint density at radius 2 is 0.708 bits per heavy atom.